The number of likely N-dealkylation sites (tertiary alicyclic amines) is 1. The molecule has 2 bridgehead atoms. The van der Waals surface area contributed by atoms with Gasteiger partial charge < -0.3 is 20.0 Å². The average Bonchev–Trinajstić information content (AvgIpc) is 3.35. The molecule has 0 aromatic heterocycles. The van der Waals surface area contributed by atoms with Gasteiger partial charge in [0.2, 0.25) is 5.91 Å². The molecule has 1 aromatic rings. The highest BCUT2D eigenvalue weighted by atomic mass is 32.2. The van der Waals surface area contributed by atoms with Crippen LogP contribution < -0.4 is 4.90 Å². The Hall–Kier alpha value is -2.32. The van der Waals surface area contributed by atoms with Gasteiger partial charge in [-0.3, -0.25) is 14.4 Å². The van der Waals surface area contributed by atoms with E-state index >= 15 is 0 Å². The number of carboxylic acid groups (broad SMARTS) is 1. The zero-order valence-corrected chi connectivity index (χ0v) is 20.9. The lowest BCUT2D eigenvalue weighted by atomic mass is 9.66. The van der Waals surface area contributed by atoms with Crippen molar-refractivity contribution >= 4 is 35.2 Å². The van der Waals surface area contributed by atoms with Gasteiger partial charge in [-0.2, -0.15) is 0 Å². The van der Waals surface area contributed by atoms with Crippen molar-refractivity contribution in [3.63, 3.8) is 0 Å². The predicted molar refractivity (Wildman–Crippen MR) is 133 cm³/mol. The fraction of sp³-hybridized carbons (Fsp3) is 0.577. The van der Waals surface area contributed by atoms with Crippen molar-refractivity contribution in [1.29, 1.82) is 0 Å². The third-order valence-electron chi connectivity index (χ3n) is 7.82. The lowest BCUT2D eigenvalue weighted by Gasteiger charge is -2.37. The lowest BCUT2D eigenvalue weighted by Crippen LogP contribution is -2.55. The molecule has 3 fully saturated rings. The van der Waals surface area contributed by atoms with E-state index in [9.17, 15) is 24.6 Å². The van der Waals surface area contributed by atoms with Gasteiger partial charge in [-0.1, -0.05) is 18.2 Å². The number of hydrogen-bond acceptors (Lipinski definition) is 5. The Labute approximate surface area is 205 Å². The molecule has 1 aromatic carbocycles. The van der Waals surface area contributed by atoms with Crippen LogP contribution in [0.3, 0.4) is 0 Å². The maximum absolute atomic E-state index is 14.4. The van der Waals surface area contributed by atoms with Crippen LogP contribution in [0.5, 0.6) is 0 Å². The van der Waals surface area contributed by atoms with E-state index < -0.39 is 33.3 Å². The first-order valence-corrected chi connectivity index (χ1v) is 12.8. The van der Waals surface area contributed by atoms with E-state index in [4.69, 9.17) is 0 Å². The van der Waals surface area contributed by atoms with Gasteiger partial charge in [0.05, 0.1) is 16.6 Å². The first kappa shape index (κ1) is 24.8. The van der Waals surface area contributed by atoms with Crippen LogP contribution in [0.2, 0.25) is 0 Å². The molecule has 8 heteroatoms. The number of carbonyl (C=O) groups excluding carboxylic acids is 2. The summed E-state index contributed by atoms with van der Waals surface area (Å²) in [6.07, 6.45) is 4.05. The molecule has 3 aliphatic heterocycles. The number of rotatable bonds is 9. The van der Waals surface area contributed by atoms with E-state index in [1.807, 2.05) is 39.0 Å². The smallest absolute Gasteiger partial charge is 0.308 e. The summed E-state index contributed by atoms with van der Waals surface area (Å²) in [6, 6.07) is 5.20. The number of unbranched alkanes of at least 4 members (excludes halogenated alkanes) is 1. The molecule has 3 saturated heterocycles. The number of thioether (sulfide) groups is 1. The van der Waals surface area contributed by atoms with Gasteiger partial charge in [-0.15, -0.1) is 18.3 Å². The van der Waals surface area contributed by atoms with Gasteiger partial charge in [0, 0.05) is 30.1 Å². The minimum Gasteiger partial charge on any atom is -0.481 e. The Balaban J connectivity index is 1.81. The quantitative estimate of drug-likeness (QED) is 0.411. The summed E-state index contributed by atoms with van der Waals surface area (Å²) < 4.78 is -1.33. The number of carbonyl (C=O) groups is 3. The van der Waals surface area contributed by atoms with Crippen molar-refractivity contribution in [2.24, 2.45) is 11.8 Å². The molecular formula is C26H34N2O5S. The number of fused-ring (bicyclic) bond motifs is 1. The molecule has 7 nitrogen and oxygen atoms in total. The molecule has 34 heavy (non-hydrogen) atoms. The zero-order chi connectivity index (χ0) is 24.8. The molecule has 2 unspecified atom stereocenters. The fourth-order valence-electron chi connectivity index (χ4n) is 6.31. The Morgan fingerprint density at radius 1 is 1.29 bits per heavy atom. The average molecular weight is 487 g/mol. The van der Waals surface area contributed by atoms with E-state index in [0.717, 1.165) is 16.8 Å². The molecule has 0 aliphatic carbocycles. The number of nitrogens with zero attached hydrogens (tertiary/aromatic N) is 2. The fourth-order valence-corrected chi connectivity index (χ4v) is 8.65. The van der Waals surface area contributed by atoms with Crippen LogP contribution in [0, 0.1) is 25.7 Å². The first-order valence-electron chi connectivity index (χ1n) is 11.9. The highest BCUT2D eigenvalue weighted by Gasteiger charge is 2.77. The maximum Gasteiger partial charge on any atom is 0.308 e. The largest absolute Gasteiger partial charge is 0.481 e. The van der Waals surface area contributed by atoms with Crippen molar-refractivity contribution in [1.82, 2.24) is 4.90 Å². The van der Waals surface area contributed by atoms with Crippen molar-refractivity contribution in [3.05, 3.63) is 42.0 Å². The molecule has 3 aliphatic rings. The van der Waals surface area contributed by atoms with Gasteiger partial charge in [0.15, 0.2) is 0 Å². The highest BCUT2D eigenvalue weighted by Crippen LogP contribution is 2.71. The molecule has 1 spiro atoms. The van der Waals surface area contributed by atoms with Crippen LogP contribution in [-0.2, 0) is 14.4 Å². The summed E-state index contributed by atoms with van der Waals surface area (Å²) >= 11 is 1.54. The summed E-state index contributed by atoms with van der Waals surface area (Å²) in [5.41, 5.74) is 2.76. The monoisotopic (exact) mass is 486 g/mol. The zero-order valence-electron chi connectivity index (χ0n) is 20.1. The van der Waals surface area contributed by atoms with Crippen molar-refractivity contribution in [3.8, 4) is 0 Å². The van der Waals surface area contributed by atoms with Crippen LogP contribution in [0.4, 0.5) is 5.69 Å². The molecule has 5 atom stereocenters. The van der Waals surface area contributed by atoms with Gasteiger partial charge in [-0.25, -0.2) is 0 Å². The van der Waals surface area contributed by atoms with Crippen LogP contribution in [0.15, 0.2) is 30.9 Å². The first-order chi connectivity index (χ1) is 16.1. The van der Waals surface area contributed by atoms with Crippen molar-refractivity contribution in [2.45, 2.75) is 62.0 Å². The van der Waals surface area contributed by atoms with Gasteiger partial charge >= 0.3 is 5.97 Å². The van der Waals surface area contributed by atoms with Crippen LogP contribution in [0.1, 0.15) is 43.7 Å². The molecule has 2 amide bonds. The number of anilines is 1. The SMILES string of the molecule is C=CCN(C(=O)C1N(CCCCO)C(=O)[C@@H]2[C@@H](C(=O)O)[C@@]3(C)CCC12S3)c1cc(C)ccc1C. The van der Waals surface area contributed by atoms with Crippen LogP contribution >= 0.6 is 11.8 Å². The number of aliphatic carboxylic acids is 1. The molecular weight excluding hydrogens is 452 g/mol. The molecule has 0 radical (unpaired) electrons. The van der Waals surface area contributed by atoms with Crippen LogP contribution in [-0.4, -0.2) is 68.1 Å². The summed E-state index contributed by atoms with van der Waals surface area (Å²) in [7, 11) is 0. The Morgan fingerprint density at radius 3 is 2.68 bits per heavy atom. The molecule has 3 heterocycles. The van der Waals surface area contributed by atoms with E-state index in [-0.39, 0.29) is 18.4 Å². The van der Waals surface area contributed by atoms with E-state index in [2.05, 4.69) is 6.58 Å². The second kappa shape index (κ2) is 9.04. The number of benzene rings is 1. The summed E-state index contributed by atoms with van der Waals surface area (Å²) in [5, 5.41) is 19.4. The Kier molecular flexibility index (Phi) is 6.59. The number of hydrogen-bond donors (Lipinski definition) is 2. The molecule has 4 rings (SSSR count). The van der Waals surface area contributed by atoms with Gasteiger partial charge in [0.25, 0.3) is 5.91 Å². The van der Waals surface area contributed by atoms with Gasteiger partial charge in [-0.05, 0) is 63.6 Å². The number of amides is 2. The summed E-state index contributed by atoms with van der Waals surface area (Å²) in [4.78, 5) is 43.8. The normalized spacial score (nSPS) is 31.6. The summed E-state index contributed by atoms with van der Waals surface area (Å²) in [6.45, 7) is 10.3. The molecule has 184 valence electrons. The highest BCUT2D eigenvalue weighted by molar-refractivity contribution is 8.02. The third-order valence-corrected chi connectivity index (χ3v) is 9.80. The third kappa shape index (κ3) is 3.66. The minimum atomic E-state index is -0.962. The maximum atomic E-state index is 14.4. The van der Waals surface area contributed by atoms with Crippen molar-refractivity contribution < 1.29 is 24.6 Å². The summed E-state index contributed by atoms with van der Waals surface area (Å²) in [5.74, 6) is -2.92. The Morgan fingerprint density at radius 2 is 2.03 bits per heavy atom. The number of aliphatic hydroxyl groups excluding tert-OH is 1. The van der Waals surface area contributed by atoms with Gasteiger partial charge in [0.1, 0.15) is 6.04 Å². The molecule has 0 saturated carbocycles. The number of aliphatic hydroxyl groups is 1. The van der Waals surface area contributed by atoms with E-state index in [1.54, 1.807) is 27.6 Å². The van der Waals surface area contributed by atoms with E-state index in [0.29, 0.717) is 38.8 Å². The topological polar surface area (TPSA) is 98.2 Å². The number of carboxylic acids is 1. The van der Waals surface area contributed by atoms with Crippen LogP contribution in [0.25, 0.3) is 0 Å². The van der Waals surface area contributed by atoms with Crippen molar-refractivity contribution in [2.75, 3.05) is 24.6 Å². The number of aryl methyl sites for hydroxylation is 2. The Bertz CT molecular complexity index is 1030. The second-order valence-electron chi connectivity index (χ2n) is 10.1. The standard InChI is InChI=1S/C26H34N2O5S/c1-5-12-27(18-15-16(2)8-9-17(18)3)23(31)21-26-11-10-25(4,34-26)20(24(32)33)19(26)22(30)28(21)13-6-7-14-29/h5,8-9,15,19-21,29H,1,6-7,10-14H2,2-4H3,(H,32,33)/t19-,20-,21?,25+,26?/m0/s1. The second-order valence-corrected chi connectivity index (χ2v) is 12.0. The lowest BCUT2D eigenvalue weighted by molar-refractivity contribution is -0.150. The minimum absolute atomic E-state index is 0.00482. The molecule has 2 N–H and O–H groups in total. The predicted octanol–water partition coefficient (Wildman–Crippen LogP) is 3.16. The van der Waals surface area contributed by atoms with E-state index in [1.165, 1.54) is 0 Å².